The van der Waals surface area contributed by atoms with Gasteiger partial charge in [0.15, 0.2) is 0 Å². The number of carbonyl (C=O) groups excluding carboxylic acids is 2. The molecule has 8 heteroatoms. The van der Waals surface area contributed by atoms with Crippen LogP contribution in [0, 0.1) is 5.82 Å². The maximum Gasteiger partial charge on any atom is 0.296 e. The molecule has 0 spiro atoms. The lowest BCUT2D eigenvalue weighted by Crippen LogP contribution is -2.29. The predicted molar refractivity (Wildman–Crippen MR) is 113 cm³/mol. The van der Waals surface area contributed by atoms with Crippen molar-refractivity contribution >= 4 is 17.4 Å². The quantitative estimate of drug-likeness (QED) is 0.355. The molecule has 2 heterocycles. The van der Waals surface area contributed by atoms with Crippen LogP contribution in [-0.4, -0.2) is 35.9 Å². The first-order valence-corrected chi connectivity index (χ1v) is 9.73. The van der Waals surface area contributed by atoms with Crippen LogP contribution in [0.2, 0.25) is 0 Å². The molecule has 1 aliphatic rings. The van der Waals surface area contributed by atoms with Crippen LogP contribution in [-0.2, 0) is 16.1 Å². The lowest BCUT2D eigenvalue weighted by atomic mass is 9.95. The number of aliphatic hydroxyl groups excluding tert-OH is 1. The number of ether oxygens (including phenoxy) is 2. The summed E-state index contributed by atoms with van der Waals surface area (Å²) in [6.45, 7) is 0.00529. The van der Waals surface area contributed by atoms with E-state index >= 15 is 0 Å². The number of carbonyl (C=O) groups is 2. The zero-order valence-electron chi connectivity index (χ0n) is 17.4. The molecule has 1 saturated heterocycles. The molecule has 32 heavy (non-hydrogen) atoms. The number of ketones is 1. The van der Waals surface area contributed by atoms with Gasteiger partial charge in [-0.05, 0) is 48.0 Å². The second kappa shape index (κ2) is 8.58. The molecular formula is C24H20FNO6. The van der Waals surface area contributed by atoms with E-state index in [2.05, 4.69) is 0 Å². The highest BCUT2D eigenvalue weighted by atomic mass is 19.1. The molecule has 164 valence electrons. The average Bonchev–Trinajstić information content (AvgIpc) is 3.41. The number of hydrogen-bond donors (Lipinski definition) is 1. The Bertz CT molecular complexity index is 1180. The molecule has 2 aromatic carbocycles. The molecule has 1 atom stereocenters. The second-order valence-electron chi connectivity index (χ2n) is 7.12. The van der Waals surface area contributed by atoms with Gasteiger partial charge >= 0.3 is 0 Å². The van der Waals surface area contributed by atoms with Crippen molar-refractivity contribution in [1.29, 1.82) is 0 Å². The van der Waals surface area contributed by atoms with Gasteiger partial charge in [0.25, 0.3) is 11.7 Å². The SMILES string of the molecule is COc1ccc(C2/C(=C(\O)c3cc(F)ccc3OC)C(=O)C(=O)N2Cc2ccco2)cc1. The zero-order chi connectivity index (χ0) is 22.8. The molecule has 1 unspecified atom stereocenters. The van der Waals surface area contributed by atoms with E-state index in [0.717, 1.165) is 6.07 Å². The minimum atomic E-state index is -0.932. The third-order valence-electron chi connectivity index (χ3n) is 5.29. The number of methoxy groups -OCH3 is 2. The number of likely N-dealkylation sites (tertiary alicyclic amines) is 1. The molecule has 1 aromatic heterocycles. The number of nitrogens with zero attached hydrogens (tertiary/aromatic N) is 1. The van der Waals surface area contributed by atoms with Crippen LogP contribution in [0.25, 0.3) is 5.76 Å². The van der Waals surface area contributed by atoms with Gasteiger partial charge < -0.3 is 23.9 Å². The summed E-state index contributed by atoms with van der Waals surface area (Å²) in [5.41, 5.74) is 0.367. The van der Waals surface area contributed by atoms with Crippen LogP contribution >= 0.6 is 0 Å². The number of hydrogen-bond acceptors (Lipinski definition) is 6. The van der Waals surface area contributed by atoms with Gasteiger partial charge in [0, 0.05) is 0 Å². The minimum absolute atomic E-state index is 0.00529. The Balaban J connectivity index is 1.90. The molecule has 1 fully saturated rings. The van der Waals surface area contributed by atoms with Gasteiger partial charge in [-0.1, -0.05) is 12.1 Å². The highest BCUT2D eigenvalue weighted by Crippen LogP contribution is 2.42. The number of aliphatic hydroxyl groups is 1. The van der Waals surface area contributed by atoms with E-state index in [4.69, 9.17) is 13.9 Å². The molecule has 1 amide bonds. The number of furan rings is 1. The Hall–Kier alpha value is -4.07. The van der Waals surface area contributed by atoms with Crippen LogP contribution in [0.1, 0.15) is 22.9 Å². The maximum absolute atomic E-state index is 14.0. The highest BCUT2D eigenvalue weighted by molar-refractivity contribution is 6.46. The zero-order valence-corrected chi connectivity index (χ0v) is 17.4. The van der Waals surface area contributed by atoms with Crippen molar-refractivity contribution in [1.82, 2.24) is 4.90 Å². The Kier molecular flexibility index (Phi) is 5.68. The van der Waals surface area contributed by atoms with Crippen LogP contribution < -0.4 is 9.47 Å². The van der Waals surface area contributed by atoms with Crippen molar-refractivity contribution in [3.05, 3.63) is 89.1 Å². The van der Waals surface area contributed by atoms with Gasteiger partial charge in [-0.25, -0.2) is 4.39 Å². The number of amides is 1. The fourth-order valence-electron chi connectivity index (χ4n) is 3.76. The van der Waals surface area contributed by atoms with Crippen molar-refractivity contribution < 1.29 is 33.0 Å². The van der Waals surface area contributed by atoms with E-state index in [0.29, 0.717) is 17.1 Å². The summed E-state index contributed by atoms with van der Waals surface area (Å²) in [7, 11) is 2.88. The Labute approximate surface area is 183 Å². The van der Waals surface area contributed by atoms with Crippen molar-refractivity contribution in [3.63, 3.8) is 0 Å². The Morgan fingerprint density at radius 2 is 1.84 bits per heavy atom. The van der Waals surface area contributed by atoms with Crippen LogP contribution in [0.15, 0.2) is 70.9 Å². The average molecular weight is 437 g/mol. The molecule has 7 nitrogen and oxygen atoms in total. The third-order valence-corrected chi connectivity index (χ3v) is 5.29. The van der Waals surface area contributed by atoms with Gasteiger partial charge in [-0.3, -0.25) is 9.59 Å². The largest absolute Gasteiger partial charge is 0.507 e. The molecule has 3 aromatic rings. The van der Waals surface area contributed by atoms with Crippen molar-refractivity contribution in [2.75, 3.05) is 14.2 Å². The number of rotatable bonds is 6. The summed E-state index contributed by atoms with van der Waals surface area (Å²) < 4.78 is 29.7. The van der Waals surface area contributed by atoms with E-state index in [1.54, 1.807) is 36.4 Å². The van der Waals surface area contributed by atoms with Gasteiger partial charge in [-0.2, -0.15) is 0 Å². The topological polar surface area (TPSA) is 89.2 Å². The first-order valence-electron chi connectivity index (χ1n) is 9.73. The van der Waals surface area contributed by atoms with Crippen molar-refractivity contribution in [3.8, 4) is 11.5 Å². The highest BCUT2D eigenvalue weighted by Gasteiger charge is 2.46. The number of halogens is 1. The molecule has 0 saturated carbocycles. The van der Waals surface area contributed by atoms with Crippen molar-refractivity contribution in [2.45, 2.75) is 12.6 Å². The fourth-order valence-corrected chi connectivity index (χ4v) is 3.76. The molecule has 0 aliphatic carbocycles. The number of benzene rings is 2. The second-order valence-corrected chi connectivity index (χ2v) is 7.12. The summed E-state index contributed by atoms with van der Waals surface area (Å²) in [5, 5.41) is 11.1. The third kappa shape index (κ3) is 3.71. The van der Waals surface area contributed by atoms with Gasteiger partial charge in [0.05, 0.1) is 44.2 Å². The standard InChI is InChI=1S/C24H20FNO6/c1-30-16-8-5-14(6-9-16)21-20(22(27)18-12-15(25)7-10-19(18)31-2)23(28)24(29)26(21)13-17-4-3-11-32-17/h3-12,21,27H,13H2,1-2H3/b22-20+. The summed E-state index contributed by atoms with van der Waals surface area (Å²) in [5.74, 6) is -1.63. The fraction of sp³-hybridized carbons (Fsp3) is 0.167. The first-order chi connectivity index (χ1) is 15.4. The smallest absolute Gasteiger partial charge is 0.296 e. The van der Waals surface area contributed by atoms with Crippen LogP contribution in [0.5, 0.6) is 11.5 Å². The first kappa shape index (κ1) is 21.2. The summed E-state index contributed by atoms with van der Waals surface area (Å²) >= 11 is 0. The monoisotopic (exact) mass is 437 g/mol. The van der Waals surface area contributed by atoms with E-state index in [1.165, 1.54) is 37.5 Å². The van der Waals surface area contributed by atoms with Gasteiger partial charge in [0.2, 0.25) is 0 Å². The minimum Gasteiger partial charge on any atom is -0.507 e. The Morgan fingerprint density at radius 3 is 2.47 bits per heavy atom. The predicted octanol–water partition coefficient (Wildman–Crippen LogP) is 4.06. The molecule has 1 N–H and O–H groups in total. The summed E-state index contributed by atoms with van der Waals surface area (Å²) in [4.78, 5) is 27.3. The van der Waals surface area contributed by atoms with E-state index in [1.807, 2.05) is 0 Å². The normalized spacial score (nSPS) is 17.6. The molecule has 4 rings (SSSR count). The lowest BCUT2D eigenvalue weighted by molar-refractivity contribution is -0.140. The van der Waals surface area contributed by atoms with Crippen LogP contribution in [0.4, 0.5) is 4.39 Å². The maximum atomic E-state index is 14.0. The number of Topliss-reactive ketones (excluding diaryl/α,β-unsaturated/α-hetero) is 1. The molecule has 0 radical (unpaired) electrons. The molecule has 0 bridgehead atoms. The van der Waals surface area contributed by atoms with Gasteiger partial charge in [0.1, 0.15) is 28.8 Å². The molecular weight excluding hydrogens is 417 g/mol. The van der Waals surface area contributed by atoms with E-state index < -0.39 is 29.3 Å². The Morgan fingerprint density at radius 1 is 1.09 bits per heavy atom. The van der Waals surface area contributed by atoms with Gasteiger partial charge in [-0.15, -0.1) is 0 Å². The molecule has 1 aliphatic heterocycles. The van der Waals surface area contributed by atoms with E-state index in [9.17, 15) is 19.1 Å². The van der Waals surface area contributed by atoms with E-state index in [-0.39, 0.29) is 23.4 Å². The summed E-state index contributed by atoms with van der Waals surface area (Å²) in [6.07, 6.45) is 1.46. The summed E-state index contributed by atoms with van der Waals surface area (Å²) in [6, 6.07) is 12.7. The lowest BCUT2D eigenvalue weighted by Gasteiger charge is -2.24. The van der Waals surface area contributed by atoms with Crippen LogP contribution in [0.3, 0.4) is 0 Å². The van der Waals surface area contributed by atoms with Crippen molar-refractivity contribution in [2.24, 2.45) is 0 Å².